The van der Waals surface area contributed by atoms with Crippen LogP contribution in [-0.4, -0.2) is 16.5 Å². The molecule has 0 bridgehead atoms. The fraction of sp³-hybridized carbons (Fsp3) is 0.182. The lowest BCUT2D eigenvalue weighted by atomic mass is 10.2. The minimum atomic E-state index is 0.166. The third-order valence-electron chi connectivity index (χ3n) is 2.11. The van der Waals surface area contributed by atoms with Gasteiger partial charge in [-0.1, -0.05) is 17.7 Å². The smallest absolute Gasteiger partial charge is 0.159 e. The summed E-state index contributed by atoms with van der Waals surface area (Å²) in [4.78, 5) is 0. The quantitative estimate of drug-likeness (QED) is 0.769. The maximum Gasteiger partial charge on any atom is 0.159 e. The Bertz CT molecular complexity index is 433. The Hall–Kier alpha value is -1.81. The lowest BCUT2D eigenvalue weighted by Gasteiger charge is -2.00. The summed E-state index contributed by atoms with van der Waals surface area (Å²) in [6.07, 6.45) is 3.45. The van der Waals surface area contributed by atoms with Gasteiger partial charge in [0.05, 0.1) is 18.1 Å². The first kappa shape index (κ1) is 9.73. The van der Waals surface area contributed by atoms with E-state index < -0.39 is 0 Å². The van der Waals surface area contributed by atoms with Crippen molar-refractivity contribution in [2.24, 2.45) is 5.73 Å². The van der Waals surface area contributed by atoms with Gasteiger partial charge in [-0.15, -0.1) is 0 Å². The first-order valence-electron chi connectivity index (χ1n) is 4.74. The van der Waals surface area contributed by atoms with Crippen LogP contribution in [0.4, 0.5) is 0 Å². The molecule has 4 nitrogen and oxygen atoms in total. The van der Waals surface area contributed by atoms with Gasteiger partial charge in [0.15, 0.2) is 5.75 Å². The monoisotopic (exact) mass is 203 g/mol. The van der Waals surface area contributed by atoms with Crippen molar-refractivity contribution in [2.45, 2.75) is 6.92 Å². The summed E-state index contributed by atoms with van der Waals surface area (Å²) in [5.41, 5.74) is 7.50. The number of nitrogens with two attached hydrogens (primary N) is 1. The van der Waals surface area contributed by atoms with Crippen LogP contribution in [0, 0.1) is 6.92 Å². The van der Waals surface area contributed by atoms with Crippen molar-refractivity contribution in [3.8, 4) is 11.4 Å². The zero-order valence-corrected chi connectivity index (χ0v) is 8.55. The highest BCUT2D eigenvalue weighted by Crippen LogP contribution is 2.13. The van der Waals surface area contributed by atoms with Gasteiger partial charge in [-0.05, 0) is 19.1 Å². The lowest BCUT2D eigenvalue weighted by molar-refractivity contribution is 0.329. The minimum Gasteiger partial charge on any atom is -0.475 e. The van der Waals surface area contributed by atoms with Crippen LogP contribution in [0.15, 0.2) is 36.7 Å². The van der Waals surface area contributed by atoms with E-state index in [1.54, 1.807) is 17.1 Å². The van der Waals surface area contributed by atoms with Gasteiger partial charge in [0.2, 0.25) is 0 Å². The van der Waals surface area contributed by atoms with Crippen LogP contribution in [0.1, 0.15) is 5.56 Å². The summed E-state index contributed by atoms with van der Waals surface area (Å²) < 4.78 is 6.88. The van der Waals surface area contributed by atoms with Gasteiger partial charge in [0.25, 0.3) is 0 Å². The highest BCUT2D eigenvalue weighted by molar-refractivity contribution is 5.34. The van der Waals surface area contributed by atoms with Gasteiger partial charge in [-0.3, -0.25) is 5.73 Å². The number of hydrogen-bond acceptors (Lipinski definition) is 3. The van der Waals surface area contributed by atoms with Crippen molar-refractivity contribution in [3.63, 3.8) is 0 Å². The predicted octanol–water partition coefficient (Wildman–Crippen LogP) is 1.48. The van der Waals surface area contributed by atoms with Crippen molar-refractivity contribution in [2.75, 3.05) is 6.73 Å². The van der Waals surface area contributed by atoms with Crippen molar-refractivity contribution in [3.05, 3.63) is 42.2 Å². The molecule has 1 aromatic carbocycles. The summed E-state index contributed by atoms with van der Waals surface area (Å²) >= 11 is 0. The molecule has 0 fully saturated rings. The molecule has 1 aromatic heterocycles. The SMILES string of the molecule is Cc1ccc(-n2cc(OCN)cn2)cc1. The third-order valence-corrected chi connectivity index (χ3v) is 2.11. The summed E-state index contributed by atoms with van der Waals surface area (Å²) in [5, 5.41) is 4.17. The van der Waals surface area contributed by atoms with Gasteiger partial charge in [0, 0.05) is 0 Å². The molecule has 0 spiro atoms. The van der Waals surface area contributed by atoms with Crippen molar-refractivity contribution in [1.29, 1.82) is 0 Å². The predicted molar refractivity (Wildman–Crippen MR) is 58.0 cm³/mol. The van der Waals surface area contributed by atoms with Crippen LogP contribution >= 0.6 is 0 Å². The number of aromatic nitrogens is 2. The lowest BCUT2D eigenvalue weighted by Crippen LogP contribution is -2.06. The molecule has 0 saturated heterocycles. The largest absolute Gasteiger partial charge is 0.475 e. The zero-order valence-electron chi connectivity index (χ0n) is 8.55. The molecule has 0 aliphatic rings. The average Bonchev–Trinajstić information content (AvgIpc) is 2.68. The Morgan fingerprint density at radius 2 is 2.07 bits per heavy atom. The van der Waals surface area contributed by atoms with Crippen molar-refractivity contribution >= 4 is 0 Å². The molecule has 2 aromatic rings. The molecule has 0 atom stereocenters. The molecule has 4 heteroatoms. The van der Waals surface area contributed by atoms with Crippen LogP contribution in [0.25, 0.3) is 5.69 Å². The molecule has 0 amide bonds. The summed E-state index contributed by atoms with van der Waals surface area (Å²) in [6, 6.07) is 8.10. The second kappa shape index (κ2) is 4.14. The van der Waals surface area contributed by atoms with Gasteiger partial charge in [0.1, 0.15) is 6.73 Å². The van der Waals surface area contributed by atoms with E-state index in [1.165, 1.54) is 5.56 Å². The standard InChI is InChI=1S/C11H13N3O/c1-9-2-4-10(5-3-9)14-7-11(6-13-14)15-8-12/h2-7H,8,12H2,1H3. The molecule has 2 N–H and O–H groups in total. The van der Waals surface area contributed by atoms with E-state index in [2.05, 4.69) is 12.0 Å². The van der Waals surface area contributed by atoms with Gasteiger partial charge in [-0.2, -0.15) is 5.10 Å². The zero-order chi connectivity index (χ0) is 10.7. The maximum absolute atomic E-state index is 5.27. The van der Waals surface area contributed by atoms with E-state index in [-0.39, 0.29) is 6.73 Å². The molecule has 15 heavy (non-hydrogen) atoms. The Morgan fingerprint density at radius 1 is 1.33 bits per heavy atom. The number of hydrogen-bond donors (Lipinski definition) is 1. The molecule has 2 rings (SSSR count). The second-order valence-corrected chi connectivity index (χ2v) is 3.27. The molecule has 0 unspecified atom stereocenters. The number of ether oxygens (including phenoxy) is 1. The van der Waals surface area contributed by atoms with E-state index in [0.29, 0.717) is 5.75 Å². The van der Waals surface area contributed by atoms with Crippen LogP contribution in [0.2, 0.25) is 0 Å². The molecule has 78 valence electrons. The number of benzene rings is 1. The van der Waals surface area contributed by atoms with Crippen LogP contribution in [-0.2, 0) is 0 Å². The Morgan fingerprint density at radius 3 is 2.73 bits per heavy atom. The average molecular weight is 203 g/mol. The van der Waals surface area contributed by atoms with Gasteiger partial charge in [-0.25, -0.2) is 4.68 Å². The summed E-state index contributed by atoms with van der Waals surface area (Å²) in [6.45, 7) is 2.22. The van der Waals surface area contributed by atoms with Crippen molar-refractivity contribution < 1.29 is 4.74 Å². The third kappa shape index (κ3) is 2.16. The van der Waals surface area contributed by atoms with Gasteiger partial charge >= 0.3 is 0 Å². The van der Waals surface area contributed by atoms with E-state index in [0.717, 1.165) is 5.69 Å². The van der Waals surface area contributed by atoms with E-state index >= 15 is 0 Å². The fourth-order valence-corrected chi connectivity index (χ4v) is 1.32. The van der Waals surface area contributed by atoms with Crippen LogP contribution < -0.4 is 10.5 Å². The fourth-order valence-electron chi connectivity index (χ4n) is 1.32. The minimum absolute atomic E-state index is 0.166. The summed E-state index contributed by atoms with van der Waals surface area (Å²) in [5.74, 6) is 0.679. The summed E-state index contributed by atoms with van der Waals surface area (Å²) in [7, 11) is 0. The van der Waals surface area contributed by atoms with Crippen molar-refractivity contribution in [1.82, 2.24) is 9.78 Å². The molecular formula is C11H13N3O. The normalized spacial score (nSPS) is 10.3. The maximum atomic E-state index is 5.27. The van der Waals surface area contributed by atoms with Crippen LogP contribution in [0.5, 0.6) is 5.75 Å². The number of nitrogens with zero attached hydrogens (tertiary/aromatic N) is 2. The highest BCUT2D eigenvalue weighted by atomic mass is 16.5. The Labute approximate surface area is 88.3 Å². The van der Waals surface area contributed by atoms with Crippen LogP contribution in [0.3, 0.4) is 0 Å². The Kier molecular flexibility index (Phi) is 2.69. The van der Waals surface area contributed by atoms with E-state index in [1.807, 2.05) is 24.3 Å². The molecule has 0 aliphatic heterocycles. The Balaban J connectivity index is 2.25. The van der Waals surface area contributed by atoms with E-state index in [9.17, 15) is 0 Å². The highest BCUT2D eigenvalue weighted by Gasteiger charge is 2.00. The van der Waals surface area contributed by atoms with E-state index in [4.69, 9.17) is 10.5 Å². The molecule has 0 saturated carbocycles. The molecular weight excluding hydrogens is 190 g/mol. The first-order chi connectivity index (χ1) is 7.29. The van der Waals surface area contributed by atoms with Gasteiger partial charge < -0.3 is 4.74 Å². The molecule has 0 radical (unpaired) electrons. The molecule has 1 heterocycles. The number of aryl methyl sites for hydroxylation is 1. The molecule has 0 aliphatic carbocycles. The number of rotatable bonds is 3. The topological polar surface area (TPSA) is 53.1 Å². The second-order valence-electron chi connectivity index (χ2n) is 3.27. The first-order valence-corrected chi connectivity index (χ1v) is 4.74.